The zero-order valence-corrected chi connectivity index (χ0v) is 23.0. The number of hydrogen-bond donors (Lipinski definition) is 1. The van der Waals surface area contributed by atoms with Gasteiger partial charge in [-0.1, -0.05) is 12.1 Å². The van der Waals surface area contributed by atoms with E-state index in [1.165, 1.54) is 10.9 Å². The van der Waals surface area contributed by atoms with E-state index >= 15 is 4.39 Å². The second kappa shape index (κ2) is 13.1. The van der Waals surface area contributed by atoms with Crippen LogP contribution in [0.1, 0.15) is 32.1 Å². The van der Waals surface area contributed by atoms with Crippen molar-refractivity contribution in [1.82, 2.24) is 19.5 Å². The number of aromatic nitrogens is 4. The molecule has 0 radical (unpaired) electrons. The summed E-state index contributed by atoms with van der Waals surface area (Å²) in [5.41, 5.74) is 4.59. The van der Waals surface area contributed by atoms with Gasteiger partial charge in [0.05, 0.1) is 32.3 Å². The van der Waals surface area contributed by atoms with Crippen molar-refractivity contribution in [3.63, 3.8) is 0 Å². The molecule has 3 heterocycles. The summed E-state index contributed by atoms with van der Waals surface area (Å²) in [5.74, 6) is -1.46. The number of nitrogens with two attached hydrogens (primary N) is 1. The highest BCUT2D eigenvalue weighted by atomic mass is 35.5. The number of carbonyl (C=O) groups excluding carboxylic acids is 2. The summed E-state index contributed by atoms with van der Waals surface area (Å²) >= 11 is 5.93. The van der Waals surface area contributed by atoms with Crippen molar-refractivity contribution in [3.05, 3.63) is 41.4 Å². The Labute approximate surface area is 239 Å². The number of carbonyl (C=O) groups is 2. The van der Waals surface area contributed by atoms with Crippen LogP contribution in [0.4, 0.5) is 10.2 Å². The normalized spacial score (nSPS) is 18.7. The molecule has 41 heavy (non-hydrogen) atoms. The lowest BCUT2D eigenvalue weighted by Crippen LogP contribution is -2.54. The summed E-state index contributed by atoms with van der Waals surface area (Å²) in [6.07, 6.45) is -2.59. The Morgan fingerprint density at radius 3 is 2.54 bits per heavy atom. The molecule has 3 unspecified atom stereocenters. The number of halogens is 2. The third-order valence-electron chi connectivity index (χ3n) is 6.23. The highest BCUT2D eigenvalue weighted by molar-refractivity contribution is 6.28. The fraction of sp³-hybridized carbons (Fsp3) is 0.462. The first kappa shape index (κ1) is 29.9. The molecule has 1 saturated heterocycles. The van der Waals surface area contributed by atoms with E-state index in [2.05, 4.69) is 15.0 Å². The summed E-state index contributed by atoms with van der Waals surface area (Å²) in [4.78, 5) is 38.6. The van der Waals surface area contributed by atoms with E-state index in [0.717, 1.165) is 0 Å². The molecule has 1 aliphatic heterocycles. The molecule has 2 aromatic heterocycles. The summed E-state index contributed by atoms with van der Waals surface area (Å²) in [5, 5.41) is 8.58. The van der Waals surface area contributed by atoms with E-state index in [9.17, 15) is 9.59 Å². The number of nitrogen functional groups attached to an aromatic ring is 1. The lowest BCUT2D eigenvalue weighted by molar-refractivity contribution is -0.195. The van der Waals surface area contributed by atoms with Crippen LogP contribution in [0.25, 0.3) is 11.2 Å². The molecule has 13 nitrogen and oxygen atoms in total. The van der Waals surface area contributed by atoms with Crippen molar-refractivity contribution in [2.75, 3.05) is 32.2 Å². The molecule has 218 valence electrons. The van der Waals surface area contributed by atoms with Crippen LogP contribution in [0.15, 0.2) is 30.6 Å². The highest BCUT2D eigenvalue weighted by Crippen LogP contribution is 2.35. The summed E-state index contributed by atoms with van der Waals surface area (Å²) in [7, 11) is 0. The Bertz CT molecular complexity index is 1410. The van der Waals surface area contributed by atoms with E-state index in [-0.39, 0.29) is 61.5 Å². The summed E-state index contributed by atoms with van der Waals surface area (Å²) < 4.78 is 44.2. The molecule has 3 aromatic rings. The van der Waals surface area contributed by atoms with Gasteiger partial charge in [-0.05, 0) is 43.1 Å². The highest BCUT2D eigenvalue weighted by Gasteiger charge is 2.52. The maximum atomic E-state index is 15.2. The van der Waals surface area contributed by atoms with Crippen LogP contribution in [0.3, 0.4) is 0 Å². The molecule has 0 bridgehead atoms. The van der Waals surface area contributed by atoms with Crippen molar-refractivity contribution < 1.29 is 37.7 Å². The Morgan fingerprint density at radius 2 is 1.90 bits per heavy atom. The van der Waals surface area contributed by atoms with Crippen LogP contribution in [0, 0.1) is 11.3 Å². The second-order valence-electron chi connectivity index (χ2n) is 8.95. The first-order chi connectivity index (χ1) is 19.7. The predicted molar refractivity (Wildman–Crippen MR) is 141 cm³/mol. The van der Waals surface area contributed by atoms with Gasteiger partial charge in [0.25, 0.3) is 5.60 Å². The van der Waals surface area contributed by atoms with E-state index in [1.807, 2.05) is 6.07 Å². The first-order valence-corrected chi connectivity index (χ1v) is 13.1. The third kappa shape index (κ3) is 6.48. The number of fused-ring (bicyclic) bond motifs is 1. The molecule has 15 heteroatoms. The van der Waals surface area contributed by atoms with E-state index in [0.29, 0.717) is 11.3 Å². The van der Waals surface area contributed by atoms with Crippen LogP contribution < -0.4 is 10.5 Å². The zero-order chi connectivity index (χ0) is 29.6. The van der Waals surface area contributed by atoms with Gasteiger partial charge in [-0.15, -0.1) is 0 Å². The molecule has 0 aliphatic carbocycles. The minimum Gasteiger partial charge on any atom is -0.479 e. The Balaban J connectivity index is 1.57. The van der Waals surface area contributed by atoms with Gasteiger partial charge in [0.1, 0.15) is 23.5 Å². The SMILES string of the molecule is CCOC(=O)C(Cc1ccc(OCC#N)cc1)(OCC1CC(F)C(n2cnc3c(N)nc(Cl)nc32)O1)C(=O)OCC. The quantitative estimate of drug-likeness (QED) is 0.186. The molecule has 4 rings (SSSR count). The number of ether oxygens (including phenoxy) is 5. The minimum absolute atomic E-state index is 0.0277. The van der Waals surface area contributed by atoms with Crippen molar-refractivity contribution in [2.24, 2.45) is 0 Å². The van der Waals surface area contributed by atoms with E-state index < -0.39 is 36.0 Å². The lowest BCUT2D eigenvalue weighted by atomic mass is 9.93. The number of imidazole rings is 1. The number of anilines is 1. The average molecular weight is 591 g/mol. The van der Waals surface area contributed by atoms with Crippen molar-refractivity contribution >= 4 is 40.5 Å². The molecule has 0 amide bonds. The number of alkyl halides is 1. The van der Waals surface area contributed by atoms with Gasteiger partial charge in [0.2, 0.25) is 5.28 Å². The van der Waals surface area contributed by atoms with Crippen LogP contribution >= 0.6 is 11.6 Å². The van der Waals surface area contributed by atoms with Crippen molar-refractivity contribution in [2.45, 2.75) is 50.8 Å². The Morgan fingerprint density at radius 1 is 1.22 bits per heavy atom. The number of rotatable bonds is 12. The van der Waals surface area contributed by atoms with Gasteiger partial charge in [-0.2, -0.15) is 15.2 Å². The van der Waals surface area contributed by atoms with Crippen LogP contribution in [-0.2, 0) is 35.0 Å². The topological polar surface area (TPSA) is 174 Å². The minimum atomic E-state index is -2.20. The molecule has 0 spiro atoms. The van der Waals surface area contributed by atoms with Crippen LogP contribution in [0.5, 0.6) is 5.75 Å². The number of benzene rings is 1. The standard InChI is InChI=1S/C26H28ClFN6O7/c1-3-37-23(35)26(24(36)38-4-2,12-15-5-7-16(8-6-15)39-10-9-29)40-13-17-11-18(28)22(41-17)34-14-31-19-20(30)32-25(27)33-21(19)34/h5-8,14,17-18,22H,3-4,10-13H2,1-2H3,(H2,30,32,33). The number of nitrogens with zero attached hydrogens (tertiary/aromatic N) is 5. The van der Waals surface area contributed by atoms with Gasteiger partial charge >= 0.3 is 11.9 Å². The molecular formula is C26H28ClFN6O7. The van der Waals surface area contributed by atoms with Gasteiger partial charge in [-0.25, -0.2) is 19.0 Å². The molecule has 1 aliphatic rings. The van der Waals surface area contributed by atoms with Gasteiger partial charge in [0.15, 0.2) is 24.3 Å². The lowest BCUT2D eigenvalue weighted by Gasteiger charge is -2.30. The summed E-state index contributed by atoms with van der Waals surface area (Å²) in [6.45, 7) is 2.64. The largest absolute Gasteiger partial charge is 0.479 e. The molecular weight excluding hydrogens is 563 g/mol. The van der Waals surface area contributed by atoms with Gasteiger partial charge in [-0.3, -0.25) is 4.57 Å². The second-order valence-corrected chi connectivity index (χ2v) is 9.29. The maximum Gasteiger partial charge on any atom is 0.350 e. The van der Waals surface area contributed by atoms with Crippen LogP contribution in [0.2, 0.25) is 5.28 Å². The molecule has 2 N–H and O–H groups in total. The molecule has 0 saturated carbocycles. The average Bonchev–Trinajstić information content (AvgIpc) is 3.53. The van der Waals surface area contributed by atoms with Gasteiger partial charge in [0, 0.05) is 12.8 Å². The number of hydrogen-bond acceptors (Lipinski definition) is 12. The third-order valence-corrected chi connectivity index (χ3v) is 6.40. The van der Waals surface area contributed by atoms with E-state index in [1.54, 1.807) is 38.1 Å². The molecule has 1 aromatic carbocycles. The fourth-order valence-electron chi connectivity index (χ4n) is 4.38. The zero-order valence-electron chi connectivity index (χ0n) is 22.3. The number of nitriles is 1. The van der Waals surface area contributed by atoms with Crippen molar-refractivity contribution in [3.8, 4) is 11.8 Å². The monoisotopic (exact) mass is 590 g/mol. The fourth-order valence-corrected chi connectivity index (χ4v) is 4.55. The first-order valence-electron chi connectivity index (χ1n) is 12.7. The maximum absolute atomic E-state index is 15.2. The van der Waals surface area contributed by atoms with Gasteiger partial charge < -0.3 is 29.4 Å². The van der Waals surface area contributed by atoms with E-state index in [4.69, 9.17) is 46.3 Å². The molecule has 1 fully saturated rings. The predicted octanol–water partition coefficient (Wildman–Crippen LogP) is 2.71. The number of esters is 2. The Kier molecular flexibility index (Phi) is 9.53. The van der Waals surface area contributed by atoms with Crippen LogP contribution in [-0.4, -0.2) is 75.8 Å². The van der Waals surface area contributed by atoms with Crippen molar-refractivity contribution in [1.29, 1.82) is 5.26 Å². The molecule has 3 atom stereocenters. The Hall–Kier alpha value is -4.06. The summed E-state index contributed by atoms with van der Waals surface area (Å²) in [6, 6.07) is 8.28. The smallest absolute Gasteiger partial charge is 0.350 e.